The molecule has 1 aromatic heterocycles. The van der Waals surface area contributed by atoms with Crippen LogP contribution < -0.4 is 11.5 Å². The summed E-state index contributed by atoms with van der Waals surface area (Å²) >= 11 is 7.77. The van der Waals surface area contributed by atoms with E-state index in [1.54, 1.807) is 19.1 Å². The second-order valence-electron chi connectivity index (χ2n) is 5.06. The third kappa shape index (κ3) is 2.59. The van der Waals surface area contributed by atoms with Gasteiger partial charge in [-0.05, 0) is 31.2 Å². The number of benzene rings is 2. The zero-order valence-electron chi connectivity index (χ0n) is 11.8. The predicted molar refractivity (Wildman–Crippen MR) is 92.5 cm³/mol. The van der Waals surface area contributed by atoms with Crippen molar-refractivity contribution in [1.29, 1.82) is 0 Å². The van der Waals surface area contributed by atoms with Crippen molar-refractivity contribution >= 4 is 44.6 Å². The summed E-state index contributed by atoms with van der Waals surface area (Å²) in [5, 5.41) is 1.12. The van der Waals surface area contributed by atoms with Gasteiger partial charge < -0.3 is 11.5 Å². The highest BCUT2D eigenvalue weighted by Gasteiger charge is 2.18. The van der Waals surface area contributed by atoms with Crippen molar-refractivity contribution in [2.45, 2.75) is 13.0 Å². The number of carbonyl (C=O) groups is 1. The Labute approximate surface area is 136 Å². The van der Waals surface area contributed by atoms with Crippen LogP contribution in [0.25, 0.3) is 20.8 Å². The molecule has 112 valence electrons. The number of aromatic nitrogens is 1. The van der Waals surface area contributed by atoms with Crippen molar-refractivity contribution in [2.75, 3.05) is 5.73 Å². The zero-order chi connectivity index (χ0) is 15.9. The Hall–Kier alpha value is -1.95. The van der Waals surface area contributed by atoms with E-state index in [0.717, 1.165) is 20.8 Å². The summed E-state index contributed by atoms with van der Waals surface area (Å²) in [6.07, 6.45) is 0. The van der Waals surface area contributed by atoms with Gasteiger partial charge in [-0.1, -0.05) is 23.7 Å². The average molecular weight is 332 g/mol. The van der Waals surface area contributed by atoms with Gasteiger partial charge in [0.15, 0.2) is 5.78 Å². The Balaban J connectivity index is 2.12. The molecule has 0 saturated heterocycles. The number of nitrogens with zero attached hydrogens (tertiary/aromatic N) is 1. The van der Waals surface area contributed by atoms with E-state index >= 15 is 0 Å². The van der Waals surface area contributed by atoms with Crippen LogP contribution in [-0.2, 0) is 0 Å². The SMILES string of the molecule is C[C@H](N)C(=O)c1cc(N)c(-c2nc3ccccc3s2)cc1Cl. The van der Waals surface area contributed by atoms with Crippen molar-refractivity contribution in [1.82, 2.24) is 4.98 Å². The summed E-state index contributed by atoms with van der Waals surface area (Å²) in [6.45, 7) is 1.62. The van der Waals surface area contributed by atoms with Crippen LogP contribution in [0.15, 0.2) is 36.4 Å². The van der Waals surface area contributed by atoms with Crippen LogP contribution in [0.2, 0.25) is 5.02 Å². The lowest BCUT2D eigenvalue weighted by atomic mass is 10.0. The molecule has 0 aliphatic heterocycles. The van der Waals surface area contributed by atoms with E-state index in [-0.39, 0.29) is 5.78 Å². The van der Waals surface area contributed by atoms with Gasteiger partial charge in [-0.25, -0.2) is 4.98 Å². The maximum absolute atomic E-state index is 12.0. The number of hydrogen-bond donors (Lipinski definition) is 2. The molecular formula is C16H14ClN3OS. The minimum Gasteiger partial charge on any atom is -0.398 e. The summed E-state index contributed by atoms with van der Waals surface area (Å²) in [5.74, 6) is -0.229. The first-order valence-electron chi connectivity index (χ1n) is 6.72. The van der Waals surface area contributed by atoms with E-state index in [4.69, 9.17) is 23.1 Å². The quantitative estimate of drug-likeness (QED) is 0.566. The first-order valence-corrected chi connectivity index (χ1v) is 7.91. The average Bonchev–Trinajstić information content (AvgIpc) is 2.92. The molecule has 0 amide bonds. The second kappa shape index (κ2) is 5.68. The number of para-hydroxylation sites is 1. The number of fused-ring (bicyclic) bond motifs is 1. The molecule has 6 heteroatoms. The van der Waals surface area contributed by atoms with Gasteiger partial charge in [-0.15, -0.1) is 11.3 Å². The number of hydrogen-bond acceptors (Lipinski definition) is 5. The van der Waals surface area contributed by atoms with Gasteiger partial charge in [0, 0.05) is 16.8 Å². The summed E-state index contributed by atoms with van der Waals surface area (Å²) in [4.78, 5) is 16.6. The molecule has 0 unspecified atom stereocenters. The largest absolute Gasteiger partial charge is 0.398 e. The Kier molecular flexibility index (Phi) is 3.87. The van der Waals surface area contributed by atoms with Crippen LogP contribution in [0.1, 0.15) is 17.3 Å². The van der Waals surface area contributed by atoms with Gasteiger partial charge in [-0.3, -0.25) is 4.79 Å². The van der Waals surface area contributed by atoms with Gasteiger partial charge in [0.25, 0.3) is 0 Å². The summed E-state index contributed by atoms with van der Waals surface area (Å²) in [5.41, 5.74) is 14.2. The third-order valence-corrected chi connectivity index (χ3v) is 4.72. The highest BCUT2D eigenvalue weighted by Crippen LogP contribution is 2.36. The minimum atomic E-state index is -0.620. The van der Waals surface area contributed by atoms with Crippen molar-refractivity contribution in [3.05, 3.63) is 47.0 Å². The van der Waals surface area contributed by atoms with Crippen molar-refractivity contribution in [3.8, 4) is 10.6 Å². The Morgan fingerprint density at radius 1 is 1.32 bits per heavy atom. The van der Waals surface area contributed by atoms with Crippen LogP contribution >= 0.6 is 22.9 Å². The fourth-order valence-electron chi connectivity index (χ4n) is 2.20. The maximum Gasteiger partial charge on any atom is 0.180 e. The predicted octanol–water partition coefficient (Wildman–Crippen LogP) is 3.73. The number of rotatable bonds is 3. The number of nitrogen functional groups attached to an aromatic ring is 1. The minimum absolute atomic E-state index is 0.229. The van der Waals surface area contributed by atoms with Crippen LogP contribution in [0.5, 0.6) is 0 Å². The van der Waals surface area contributed by atoms with E-state index in [2.05, 4.69) is 4.98 Å². The molecule has 2 aromatic carbocycles. The Morgan fingerprint density at radius 2 is 2.05 bits per heavy atom. The smallest absolute Gasteiger partial charge is 0.180 e. The van der Waals surface area contributed by atoms with Crippen molar-refractivity contribution in [2.24, 2.45) is 5.73 Å². The molecule has 22 heavy (non-hydrogen) atoms. The topological polar surface area (TPSA) is 82.0 Å². The van der Waals surface area contributed by atoms with E-state index in [1.807, 2.05) is 24.3 Å². The summed E-state index contributed by atoms with van der Waals surface area (Å²) in [6, 6.07) is 10.5. The van der Waals surface area contributed by atoms with Crippen LogP contribution in [0, 0.1) is 0 Å². The first-order chi connectivity index (χ1) is 10.5. The molecule has 0 bridgehead atoms. The van der Waals surface area contributed by atoms with E-state index in [9.17, 15) is 4.79 Å². The number of ketones is 1. The highest BCUT2D eigenvalue weighted by atomic mass is 35.5. The van der Waals surface area contributed by atoms with Crippen LogP contribution in [-0.4, -0.2) is 16.8 Å². The van der Waals surface area contributed by atoms with Gasteiger partial charge in [-0.2, -0.15) is 0 Å². The van der Waals surface area contributed by atoms with E-state index in [0.29, 0.717) is 16.3 Å². The zero-order valence-corrected chi connectivity index (χ0v) is 13.4. The van der Waals surface area contributed by atoms with Gasteiger partial charge in [0.05, 0.1) is 21.3 Å². The molecule has 0 fully saturated rings. The number of anilines is 1. The monoisotopic (exact) mass is 331 g/mol. The number of thiazole rings is 1. The molecule has 4 nitrogen and oxygen atoms in total. The second-order valence-corrected chi connectivity index (χ2v) is 6.50. The van der Waals surface area contributed by atoms with Crippen molar-refractivity contribution in [3.63, 3.8) is 0 Å². The molecule has 4 N–H and O–H groups in total. The lowest BCUT2D eigenvalue weighted by Gasteiger charge is -2.10. The molecule has 0 aliphatic carbocycles. The van der Waals surface area contributed by atoms with Crippen LogP contribution in [0.3, 0.4) is 0 Å². The lowest BCUT2D eigenvalue weighted by molar-refractivity contribution is 0.0968. The van der Waals surface area contributed by atoms with Gasteiger partial charge in [0.2, 0.25) is 0 Å². The normalized spacial score (nSPS) is 12.5. The van der Waals surface area contributed by atoms with Gasteiger partial charge >= 0.3 is 0 Å². The summed E-state index contributed by atoms with van der Waals surface area (Å²) < 4.78 is 1.07. The van der Waals surface area contributed by atoms with Crippen LogP contribution in [0.4, 0.5) is 5.69 Å². The molecule has 0 radical (unpaired) electrons. The van der Waals surface area contributed by atoms with Gasteiger partial charge in [0.1, 0.15) is 5.01 Å². The third-order valence-electron chi connectivity index (χ3n) is 3.34. The van der Waals surface area contributed by atoms with Crippen molar-refractivity contribution < 1.29 is 4.79 Å². The van der Waals surface area contributed by atoms with E-state index in [1.165, 1.54) is 11.3 Å². The molecule has 0 saturated carbocycles. The van der Waals surface area contributed by atoms with E-state index < -0.39 is 6.04 Å². The molecule has 3 aromatic rings. The molecule has 1 atom stereocenters. The molecule has 1 heterocycles. The fraction of sp³-hybridized carbons (Fsp3) is 0.125. The lowest BCUT2D eigenvalue weighted by Crippen LogP contribution is -2.27. The number of nitrogens with two attached hydrogens (primary N) is 2. The standard InChI is InChI=1S/C16H14ClN3OS/c1-8(18)15(21)9-7-12(19)10(6-11(9)17)16-20-13-4-2-3-5-14(13)22-16/h2-8H,18-19H2,1H3/t8-/m0/s1. The first kappa shape index (κ1) is 15.0. The fourth-order valence-corrected chi connectivity index (χ4v) is 3.46. The number of carbonyl (C=O) groups excluding carboxylic acids is 1. The summed E-state index contributed by atoms with van der Waals surface area (Å²) in [7, 11) is 0. The molecule has 0 aliphatic rings. The Bertz CT molecular complexity index is 840. The molecule has 0 spiro atoms. The molecule has 3 rings (SSSR count). The maximum atomic E-state index is 12.0. The Morgan fingerprint density at radius 3 is 2.73 bits per heavy atom. The molecular weight excluding hydrogens is 318 g/mol. The highest BCUT2D eigenvalue weighted by molar-refractivity contribution is 7.21. The number of halogens is 1. The number of Topliss-reactive ketones (excluding diaryl/α,β-unsaturated/α-hetero) is 1.